The predicted octanol–water partition coefficient (Wildman–Crippen LogP) is 2.16. The van der Waals surface area contributed by atoms with Crippen molar-refractivity contribution in [2.24, 2.45) is 15.9 Å². The average molecular weight is 302 g/mol. The van der Waals surface area contributed by atoms with Crippen molar-refractivity contribution in [3.05, 3.63) is 35.9 Å². The second kappa shape index (κ2) is 5.80. The van der Waals surface area contributed by atoms with Crippen LogP contribution in [0.25, 0.3) is 0 Å². The highest BCUT2D eigenvalue weighted by molar-refractivity contribution is 6.00. The van der Waals surface area contributed by atoms with Crippen LogP contribution in [0.5, 0.6) is 0 Å². The van der Waals surface area contributed by atoms with Gasteiger partial charge in [-0.15, -0.1) is 0 Å². The van der Waals surface area contributed by atoms with Gasteiger partial charge in [0, 0.05) is 20.0 Å². The van der Waals surface area contributed by atoms with Crippen LogP contribution in [-0.2, 0) is 0 Å². The molecule has 0 aliphatic heterocycles. The van der Waals surface area contributed by atoms with Crippen molar-refractivity contribution in [3.63, 3.8) is 0 Å². The highest BCUT2D eigenvalue weighted by Crippen LogP contribution is 2.58. The summed E-state index contributed by atoms with van der Waals surface area (Å²) in [5.41, 5.74) is -2.69. The molecule has 0 heterocycles. The Morgan fingerprint density at radius 1 is 1.00 bits per heavy atom. The predicted molar refractivity (Wildman–Crippen MR) is 82.2 cm³/mol. The zero-order valence-corrected chi connectivity index (χ0v) is 12.9. The standard InChI is InChI=1S/C17H14N6/c1-23(2)22-15-8-14(13-6-4-3-5-7-13)16(9-18,10-19)17(15,11-20)12-21/h3-7,14H,8H2,1-2H3/b22-15-. The van der Waals surface area contributed by atoms with Crippen LogP contribution < -0.4 is 0 Å². The van der Waals surface area contributed by atoms with Gasteiger partial charge in [0.1, 0.15) is 0 Å². The number of nitriles is 4. The largest absolute Gasteiger partial charge is 0.303 e. The summed E-state index contributed by atoms with van der Waals surface area (Å²) in [6.45, 7) is 0. The number of rotatable bonds is 2. The van der Waals surface area contributed by atoms with E-state index in [1.54, 1.807) is 38.4 Å². The van der Waals surface area contributed by atoms with Crippen LogP contribution in [0.2, 0.25) is 0 Å². The fraction of sp³-hybridized carbons (Fsp3) is 0.353. The monoisotopic (exact) mass is 302 g/mol. The zero-order chi connectivity index (χ0) is 17.1. The van der Waals surface area contributed by atoms with Gasteiger partial charge in [-0.3, -0.25) is 0 Å². The fourth-order valence-electron chi connectivity index (χ4n) is 3.08. The second-order valence-electron chi connectivity index (χ2n) is 5.57. The van der Waals surface area contributed by atoms with Crippen molar-refractivity contribution in [1.82, 2.24) is 5.01 Å². The first-order chi connectivity index (χ1) is 11.0. The van der Waals surface area contributed by atoms with E-state index in [-0.39, 0.29) is 12.1 Å². The SMILES string of the molecule is CN(C)/N=C1/CC(c2ccccc2)C(C#N)(C#N)C1(C#N)C#N. The third-order valence-corrected chi connectivity index (χ3v) is 4.16. The Labute approximate surface area is 135 Å². The van der Waals surface area contributed by atoms with Gasteiger partial charge in [0.05, 0.1) is 30.0 Å². The van der Waals surface area contributed by atoms with Gasteiger partial charge >= 0.3 is 0 Å². The van der Waals surface area contributed by atoms with Gasteiger partial charge in [-0.25, -0.2) is 0 Å². The highest BCUT2D eigenvalue weighted by atomic mass is 15.4. The Kier molecular flexibility index (Phi) is 4.04. The quantitative estimate of drug-likeness (QED) is 0.777. The van der Waals surface area contributed by atoms with Crippen LogP contribution in [0.4, 0.5) is 0 Å². The topological polar surface area (TPSA) is 111 Å². The minimum absolute atomic E-state index is 0.213. The first-order valence-electron chi connectivity index (χ1n) is 6.96. The minimum atomic E-state index is -1.89. The number of hydrogen-bond acceptors (Lipinski definition) is 6. The highest BCUT2D eigenvalue weighted by Gasteiger charge is 2.68. The molecular formula is C17H14N6. The molecule has 0 saturated heterocycles. The van der Waals surface area contributed by atoms with Crippen molar-refractivity contribution in [3.8, 4) is 24.3 Å². The van der Waals surface area contributed by atoms with E-state index in [1.807, 2.05) is 30.3 Å². The van der Waals surface area contributed by atoms with Crippen LogP contribution in [0.3, 0.4) is 0 Å². The van der Waals surface area contributed by atoms with Crippen molar-refractivity contribution in [1.29, 1.82) is 21.0 Å². The van der Waals surface area contributed by atoms with Crippen molar-refractivity contribution < 1.29 is 0 Å². The maximum absolute atomic E-state index is 9.75. The Balaban J connectivity index is 2.79. The summed E-state index contributed by atoms with van der Waals surface area (Å²) in [6, 6.07) is 16.8. The Bertz CT molecular complexity index is 767. The molecule has 1 aliphatic carbocycles. The van der Waals surface area contributed by atoms with E-state index in [2.05, 4.69) is 5.10 Å². The van der Waals surface area contributed by atoms with Gasteiger partial charge < -0.3 is 5.01 Å². The molecule has 0 amide bonds. The number of nitrogens with zero attached hydrogens (tertiary/aromatic N) is 6. The first-order valence-corrected chi connectivity index (χ1v) is 6.96. The van der Waals surface area contributed by atoms with Crippen LogP contribution >= 0.6 is 0 Å². The lowest BCUT2D eigenvalue weighted by molar-refractivity contribution is 0.363. The molecule has 1 unspecified atom stereocenters. The van der Waals surface area contributed by atoms with E-state index < -0.39 is 16.7 Å². The Morgan fingerprint density at radius 2 is 1.57 bits per heavy atom. The van der Waals surface area contributed by atoms with Crippen LogP contribution in [0, 0.1) is 56.2 Å². The summed E-state index contributed by atoms with van der Waals surface area (Å²) in [7, 11) is 3.34. The van der Waals surface area contributed by atoms with E-state index in [9.17, 15) is 21.0 Å². The van der Waals surface area contributed by atoms with E-state index in [0.717, 1.165) is 5.56 Å². The summed E-state index contributed by atoms with van der Waals surface area (Å²) in [4.78, 5) is 0. The van der Waals surface area contributed by atoms with E-state index in [0.29, 0.717) is 0 Å². The maximum atomic E-state index is 9.75. The number of benzene rings is 1. The normalized spacial score (nSPS) is 22.3. The molecule has 1 atom stereocenters. The van der Waals surface area contributed by atoms with Crippen molar-refractivity contribution in [2.75, 3.05) is 14.1 Å². The van der Waals surface area contributed by atoms with Crippen molar-refractivity contribution in [2.45, 2.75) is 12.3 Å². The molecule has 0 spiro atoms. The molecule has 1 saturated carbocycles. The molecule has 23 heavy (non-hydrogen) atoms. The molecule has 0 aromatic heterocycles. The first kappa shape index (κ1) is 16.0. The molecule has 112 valence electrons. The molecule has 1 aromatic carbocycles. The Morgan fingerprint density at radius 3 is 2.00 bits per heavy atom. The number of hydrogen-bond donors (Lipinski definition) is 0. The van der Waals surface area contributed by atoms with Gasteiger partial charge in [0.25, 0.3) is 0 Å². The van der Waals surface area contributed by atoms with Gasteiger partial charge in [0.2, 0.25) is 5.41 Å². The summed E-state index contributed by atoms with van der Waals surface area (Å²) in [6.07, 6.45) is 0.213. The lowest BCUT2D eigenvalue weighted by Gasteiger charge is -2.28. The van der Waals surface area contributed by atoms with Crippen molar-refractivity contribution >= 4 is 5.71 Å². The smallest absolute Gasteiger partial charge is 0.215 e. The van der Waals surface area contributed by atoms with Gasteiger partial charge in [0.15, 0.2) is 5.41 Å². The summed E-state index contributed by atoms with van der Waals surface area (Å²) >= 11 is 0. The van der Waals surface area contributed by atoms with E-state index in [1.165, 1.54) is 5.01 Å². The minimum Gasteiger partial charge on any atom is -0.303 e. The molecule has 1 fully saturated rings. The lowest BCUT2D eigenvalue weighted by Crippen LogP contribution is -2.40. The van der Waals surface area contributed by atoms with Gasteiger partial charge in [-0.1, -0.05) is 30.3 Å². The molecule has 6 nitrogen and oxygen atoms in total. The molecule has 0 radical (unpaired) electrons. The third kappa shape index (κ3) is 2.10. The van der Waals surface area contributed by atoms with Crippen LogP contribution in [0.15, 0.2) is 35.4 Å². The Hall–Kier alpha value is -3.35. The van der Waals surface area contributed by atoms with Gasteiger partial charge in [-0.05, 0) is 12.0 Å². The molecule has 2 rings (SSSR count). The maximum Gasteiger partial charge on any atom is 0.215 e. The summed E-state index contributed by atoms with van der Waals surface area (Å²) in [5, 5.41) is 44.6. The summed E-state index contributed by atoms with van der Waals surface area (Å²) < 4.78 is 0. The van der Waals surface area contributed by atoms with Crippen LogP contribution in [0.1, 0.15) is 17.9 Å². The van der Waals surface area contributed by atoms with Crippen LogP contribution in [-0.4, -0.2) is 24.8 Å². The van der Waals surface area contributed by atoms with Gasteiger partial charge in [-0.2, -0.15) is 26.1 Å². The second-order valence-corrected chi connectivity index (χ2v) is 5.57. The average Bonchev–Trinajstić information content (AvgIpc) is 2.85. The van der Waals surface area contributed by atoms with E-state index in [4.69, 9.17) is 0 Å². The third-order valence-electron chi connectivity index (χ3n) is 4.16. The van der Waals surface area contributed by atoms with E-state index >= 15 is 0 Å². The molecule has 0 N–H and O–H groups in total. The molecule has 6 heteroatoms. The molecule has 1 aliphatic rings. The molecular weight excluding hydrogens is 288 g/mol. The fourth-order valence-corrected chi connectivity index (χ4v) is 3.08. The molecule has 1 aromatic rings. The summed E-state index contributed by atoms with van der Waals surface area (Å²) in [5.74, 6) is -0.586. The zero-order valence-electron chi connectivity index (χ0n) is 12.9. The lowest BCUT2D eigenvalue weighted by atomic mass is 9.63. The number of hydrazone groups is 1. The molecule has 0 bridgehead atoms.